The van der Waals surface area contributed by atoms with Crippen molar-refractivity contribution >= 4 is 11.8 Å². The molecule has 1 aromatic heterocycles. The second kappa shape index (κ2) is 9.52. The summed E-state index contributed by atoms with van der Waals surface area (Å²) in [7, 11) is 3.70. The van der Waals surface area contributed by atoms with Gasteiger partial charge in [0.15, 0.2) is 0 Å². The van der Waals surface area contributed by atoms with E-state index >= 15 is 0 Å². The van der Waals surface area contributed by atoms with Crippen LogP contribution in [0.5, 0.6) is 0 Å². The number of imidazole rings is 1. The lowest BCUT2D eigenvalue weighted by molar-refractivity contribution is -0.131. The van der Waals surface area contributed by atoms with Gasteiger partial charge in [-0.25, -0.2) is 4.98 Å². The number of piperidine rings is 1. The third kappa shape index (κ3) is 5.11. The standard InChI is InChI=1S/C20H33N5O3/c1-16(26)24-8-4-5-18(13-24)25(17-6-11-28-12-7-17)10-9-23(3)20(27)19-14-22(2)15-21-19/h14-15,17-18H,4-13H2,1-3H3. The molecule has 1 aromatic rings. The summed E-state index contributed by atoms with van der Waals surface area (Å²) >= 11 is 0. The fourth-order valence-corrected chi connectivity index (χ4v) is 4.28. The van der Waals surface area contributed by atoms with Crippen molar-refractivity contribution in [1.29, 1.82) is 0 Å². The molecule has 2 aliphatic heterocycles. The molecule has 156 valence electrons. The van der Waals surface area contributed by atoms with Gasteiger partial charge in [0.2, 0.25) is 5.91 Å². The molecule has 0 aromatic carbocycles. The Morgan fingerprint density at radius 3 is 2.61 bits per heavy atom. The summed E-state index contributed by atoms with van der Waals surface area (Å²) in [5.74, 6) is 0.0978. The van der Waals surface area contributed by atoms with Crippen molar-refractivity contribution in [2.45, 2.75) is 44.7 Å². The van der Waals surface area contributed by atoms with Crippen molar-refractivity contribution in [2.75, 3.05) is 46.4 Å². The zero-order chi connectivity index (χ0) is 20.1. The number of carbonyl (C=O) groups excluding carboxylic acids is 2. The molecule has 3 rings (SSSR count). The number of amides is 2. The maximum atomic E-state index is 12.6. The summed E-state index contributed by atoms with van der Waals surface area (Å²) in [6.45, 7) is 6.30. The molecule has 0 N–H and O–H groups in total. The quantitative estimate of drug-likeness (QED) is 0.723. The third-order valence-corrected chi connectivity index (χ3v) is 5.94. The molecule has 2 fully saturated rings. The first-order valence-electron chi connectivity index (χ1n) is 10.3. The average Bonchev–Trinajstić information content (AvgIpc) is 3.14. The van der Waals surface area contributed by atoms with Crippen molar-refractivity contribution in [3.8, 4) is 0 Å². The smallest absolute Gasteiger partial charge is 0.273 e. The molecule has 0 radical (unpaired) electrons. The van der Waals surface area contributed by atoms with Gasteiger partial charge in [-0.3, -0.25) is 14.5 Å². The van der Waals surface area contributed by atoms with Gasteiger partial charge < -0.3 is 19.1 Å². The zero-order valence-electron chi connectivity index (χ0n) is 17.3. The van der Waals surface area contributed by atoms with Gasteiger partial charge in [0, 0.05) is 78.7 Å². The van der Waals surface area contributed by atoms with Gasteiger partial charge in [-0.05, 0) is 25.7 Å². The second-order valence-corrected chi connectivity index (χ2v) is 7.99. The molecule has 8 nitrogen and oxygen atoms in total. The van der Waals surface area contributed by atoms with Crippen LogP contribution in [0.4, 0.5) is 0 Å². The van der Waals surface area contributed by atoms with Crippen LogP contribution in [0.15, 0.2) is 12.5 Å². The molecule has 2 saturated heterocycles. The number of aryl methyl sites for hydroxylation is 1. The molecule has 3 heterocycles. The Morgan fingerprint density at radius 1 is 1.21 bits per heavy atom. The van der Waals surface area contributed by atoms with E-state index in [1.807, 2.05) is 19.0 Å². The summed E-state index contributed by atoms with van der Waals surface area (Å²) in [6.07, 6.45) is 7.55. The summed E-state index contributed by atoms with van der Waals surface area (Å²) in [4.78, 5) is 34.9. The summed E-state index contributed by atoms with van der Waals surface area (Å²) in [6, 6.07) is 0.795. The van der Waals surface area contributed by atoms with Gasteiger partial charge in [-0.2, -0.15) is 0 Å². The van der Waals surface area contributed by atoms with E-state index in [0.29, 0.717) is 24.3 Å². The Balaban J connectivity index is 1.65. The fourth-order valence-electron chi connectivity index (χ4n) is 4.28. The van der Waals surface area contributed by atoms with Crippen LogP contribution in [0.1, 0.15) is 43.1 Å². The molecule has 1 unspecified atom stereocenters. The van der Waals surface area contributed by atoms with Crippen LogP contribution in [0.25, 0.3) is 0 Å². The molecular weight excluding hydrogens is 358 g/mol. The van der Waals surface area contributed by atoms with E-state index in [9.17, 15) is 9.59 Å². The highest BCUT2D eigenvalue weighted by molar-refractivity contribution is 5.91. The first-order valence-corrected chi connectivity index (χ1v) is 10.3. The number of rotatable bonds is 6. The summed E-state index contributed by atoms with van der Waals surface area (Å²) in [5.41, 5.74) is 0.475. The van der Waals surface area contributed by atoms with Crippen molar-refractivity contribution in [3.05, 3.63) is 18.2 Å². The maximum Gasteiger partial charge on any atom is 0.273 e. The van der Waals surface area contributed by atoms with Gasteiger partial charge in [0.05, 0.1) is 6.33 Å². The number of likely N-dealkylation sites (tertiary alicyclic amines) is 1. The van der Waals surface area contributed by atoms with E-state index in [2.05, 4.69) is 9.88 Å². The fraction of sp³-hybridized carbons (Fsp3) is 0.750. The van der Waals surface area contributed by atoms with E-state index in [1.54, 1.807) is 28.9 Å². The number of likely N-dealkylation sites (N-methyl/N-ethyl adjacent to an activating group) is 1. The van der Waals surface area contributed by atoms with Crippen molar-refractivity contribution < 1.29 is 14.3 Å². The molecule has 2 aliphatic rings. The van der Waals surface area contributed by atoms with E-state index in [0.717, 1.165) is 58.5 Å². The highest BCUT2D eigenvalue weighted by atomic mass is 16.5. The van der Waals surface area contributed by atoms with Crippen molar-refractivity contribution in [1.82, 2.24) is 24.3 Å². The minimum atomic E-state index is -0.0541. The number of nitrogens with zero attached hydrogens (tertiary/aromatic N) is 5. The minimum Gasteiger partial charge on any atom is -0.381 e. The molecule has 0 aliphatic carbocycles. The number of carbonyl (C=O) groups is 2. The van der Waals surface area contributed by atoms with Gasteiger partial charge in [-0.15, -0.1) is 0 Å². The Bertz CT molecular complexity index is 671. The van der Waals surface area contributed by atoms with Gasteiger partial charge in [0.1, 0.15) is 5.69 Å². The lowest BCUT2D eigenvalue weighted by Crippen LogP contribution is -2.55. The van der Waals surface area contributed by atoms with Crippen molar-refractivity contribution in [3.63, 3.8) is 0 Å². The van der Waals surface area contributed by atoms with Crippen LogP contribution < -0.4 is 0 Å². The van der Waals surface area contributed by atoms with Gasteiger partial charge >= 0.3 is 0 Å². The molecule has 28 heavy (non-hydrogen) atoms. The van der Waals surface area contributed by atoms with E-state index in [4.69, 9.17) is 4.74 Å². The SMILES string of the molecule is CC(=O)N1CCCC(N(CCN(C)C(=O)c2cn(C)cn2)C2CCOCC2)C1. The predicted molar refractivity (Wildman–Crippen MR) is 106 cm³/mol. The lowest BCUT2D eigenvalue weighted by Gasteiger charge is -2.44. The van der Waals surface area contributed by atoms with Gasteiger partial charge in [0.25, 0.3) is 5.91 Å². The predicted octanol–water partition coefficient (Wildman–Crippen LogP) is 0.984. The molecule has 0 spiro atoms. The Kier molecular flexibility index (Phi) is 7.07. The third-order valence-electron chi connectivity index (χ3n) is 5.94. The van der Waals surface area contributed by atoms with E-state index in [-0.39, 0.29) is 11.8 Å². The first kappa shape index (κ1) is 20.8. The Labute approximate surface area is 167 Å². The lowest BCUT2D eigenvalue weighted by atomic mass is 9.98. The topological polar surface area (TPSA) is 70.9 Å². The highest BCUT2D eigenvalue weighted by Crippen LogP contribution is 2.23. The van der Waals surface area contributed by atoms with Crippen LogP contribution in [-0.4, -0.2) is 94.6 Å². The van der Waals surface area contributed by atoms with Crippen LogP contribution in [0.3, 0.4) is 0 Å². The Hall–Kier alpha value is -1.93. The monoisotopic (exact) mass is 391 g/mol. The van der Waals surface area contributed by atoms with E-state index < -0.39 is 0 Å². The molecule has 0 saturated carbocycles. The number of aromatic nitrogens is 2. The van der Waals surface area contributed by atoms with Crippen molar-refractivity contribution in [2.24, 2.45) is 7.05 Å². The number of hydrogen-bond acceptors (Lipinski definition) is 5. The van der Waals surface area contributed by atoms with Crippen LogP contribution in [0, 0.1) is 0 Å². The molecular formula is C20H33N5O3. The largest absolute Gasteiger partial charge is 0.381 e. The van der Waals surface area contributed by atoms with Crippen LogP contribution in [-0.2, 0) is 16.6 Å². The Morgan fingerprint density at radius 2 is 1.96 bits per heavy atom. The summed E-state index contributed by atoms with van der Waals surface area (Å²) < 4.78 is 7.34. The molecule has 8 heteroatoms. The normalized spacial score (nSPS) is 21.1. The number of ether oxygens (including phenoxy) is 1. The molecule has 1 atom stereocenters. The zero-order valence-corrected chi connectivity index (χ0v) is 17.3. The highest BCUT2D eigenvalue weighted by Gasteiger charge is 2.32. The average molecular weight is 392 g/mol. The maximum absolute atomic E-state index is 12.6. The van der Waals surface area contributed by atoms with E-state index in [1.165, 1.54) is 0 Å². The first-order chi connectivity index (χ1) is 13.5. The molecule has 0 bridgehead atoms. The minimum absolute atomic E-state index is 0.0541. The molecule has 2 amide bonds. The van der Waals surface area contributed by atoms with Gasteiger partial charge in [-0.1, -0.05) is 0 Å². The van der Waals surface area contributed by atoms with Crippen LogP contribution >= 0.6 is 0 Å². The number of hydrogen-bond donors (Lipinski definition) is 0. The summed E-state index contributed by atoms with van der Waals surface area (Å²) in [5, 5.41) is 0. The second-order valence-electron chi connectivity index (χ2n) is 7.99. The van der Waals surface area contributed by atoms with Crippen LogP contribution in [0.2, 0.25) is 0 Å².